The van der Waals surface area contributed by atoms with Gasteiger partial charge in [0.15, 0.2) is 0 Å². The zero-order valence-electron chi connectivity index (χ0n) is 22.7. The van der Waals surface area contributed by atoms with Crippen LogP contribution in [-0.2, 0) is 27.3 Å². The molecule has 2 aliphatic rings. The Morgan fingerprint density at radius 1 is 0.868 bits per heavy atom. The fraction of sp³-hybridized carbons (Fsp3) is 0.469. The Morgan fingerprint density at radius 2 is 1.50 bits per heavy atom. The van der Waals surface area contributed by atoms with Gasteiger partial charge in [0.1, 0.15) is 0 Å². The summed E-state index contributed by atoms with van der Waals surface area (Å²) in [5.41, 5.74) is 3.72. The summed E-state index contributed by atoms with van der Waals surface area (Å²) in [5, 5.41) is 3.01. The molecule has 0 bridgehead atoms. The molecule has 1 saturated heterocycles. The average molecular weight is 516 g/mol. The van der Waals surface area contributed by atoms with Crippen molar-refractivity contribution < 1.29 is 14.4 Å². The van der Waals surface area contributed by atoms with Crippen molar-refractivity contribution in [2.75, 3.05) is 19.6 Å². The molecular weight excluding hydrogens is 474 g/mol. The molecule has 1 fully saturated rings. The van der Waals surface area contributed by atoms with E-state index in [1.54, 1.807) is 4.90 Å². The summed E-state index contributed by atoms with van der Waals surface area (Å²) < 4.78 is 0. The van der Waals surface area contributed by atoms with Crippen molar-refractivity contribution in [3.63, 3.8) is 0 Å². The number of amides is 3. The first kappa shape index (κ1) is 27.6. The van der Waals surface area contributed by atoms with Crippen molar-refractivity contribution in [1.82, 2.24) is 15.1 Å². The molecule has 1 N–H and O–H groups in total. The summed E-state index contributed by atoms with van der Waals surface area (Å²) in [4.78, 5) is 43.8. The Labute approximate surface area is 227 Å². The van der Waals surface area contributed by atoms with Crippen molar-refractivity contribution in [2.45, 2.75) is 71.3 Å². The van der Waals surface area contributed by atoms with E-state index in [0.29, 0.717) is 25.1 Å². The lowest BCUT2D eigenvalue weighted by Gasteiger charge is -2.36. The smallest absolute Gasteiger partial charge is 0.251 e. The summed E-state index contributed by atoms with van der Waals surface area (Å²) in [5.74, 6) is -0.694. The molecule has 202 valence electrons. The molecule has 0 aliphatic carbocycles. The molecule has 1 atom stereocenters. The zero-order chi connectivity index (χ0) is 26.7. The number of aryl methyl sites for hydroxylation is 1. The molecule has 3 amide bonds. The number of allylic oxidation sites excluding steroid dienone is 1. The van der Waals surface area contributed by atoms with E-state index in [9.17, 15) is 14.4 Å². The lowest BCUT2D eigenvalue weighted by atomic mass is 9.88. The molecule has 2 aromatic rings. The maximum Gasteiger partial charge on any atom is 0.251 e. The fourth-order valence-electron chi connectivity index (χ4n) is 5.48. The van der Waals surface area contributed by atoms with Gasteiger partial charge < -0.3 is 15.1 Å². The number of hydrogen-bond donors (Lipinski definition) is 1. The lowest BCUT2D eigenvalue weighted by molar-refractivity contribution is -0.139. The van der Waals surface area contributed by atoms with Crippen LogP contribution in [0.3, 0.4) is 0 Å². The number of carbonyl (C=O) groups is 3. The van der Waals surface area contributed by atoms with Gasteiger partial charge in [0, 0.05) is 37.3 Å². The van der Waals surface area contributed by atoms with E-state index in [-0.39, 0.29) is 24.1 Å². The van der Waals surface area contributed by atoms with E-state index < -0.39 is 5.92 Å². The minimum atomic E-state index is -0.530. The zero-order valence-corrected chi connectivity index (χ0v) is 22.7. The second-order valence-corrected chi connectivity index (χ2v) is 10.6. The molecule has 0 spiro atoms. The van der Waals surface area contributed by atoms with Crippen LogP contribution in [0.15, 0.2) is 71.9 Å². The number of benzene rings is 2. The first-order chi connectivity index (χ1) is 18.5. The minimum absolute atomic E-state index is 0.0290. The molecule has 2 aromatic carbocycles. The SMILES string of the molecule is CC1=C(C(=O)N2CCCCCC2)CC(CC(=O)NCCCCc2ccccc2)C(=O)N1Cc1ccccc1. The normalized spacial score (nSPS) is 18.3. The second kappa shape index (κ2) is 13.9. The van der Waals surface area contributed by atoms with Gasteiger partial charge in [-0.05, 0) is 56.6 Å². The van der Waals surface area contributed by atoms with Crippen molar-refractivity contribution >= 4 is 17.7 Å². The molecule has 38 heavy (non-hydrogen) atoms. The van der Waals surface area contributed by atoms with Crippen LogP contribution in [-0.4, -0.2) is 47.2 Å². The molecule has 2 heterocycles. The number of unbranched alkanes of at least 4 members (excludes halogenated alkanes) is 1. The van der Waals surface area contributed by atoms with Crippen LogP contribution < -0.4 is 5.32 Å². The topological polar surface area (TPSA) is 69.7 Å². The number of likely N-dealkylation sites (tertiary alicyclic amines) is 1. The first-order valence-corrected chi connectivity index (χ1v) is 14.2. The number of nitrogens with one attached hydrogen (secondary N) is 1. The second-order valence-electron chi connectivity index (χ2n) is 10.6. The number of carbonyl (C=O) groups excluding carboxylic acids is 3. The van der Waals surface area contributed by atoms with Gasteiger partial charge in [0.2, 0.25) is 11.8 Å². The van der Waals surface area contributed by atoms with Gasteiger partial charge in [0.25, 0.3) is 5.91 Å². The van der Waals surface area contributed by atoms with Crippen molar-refractivity contribution in [1.29, 1.82) is 0 Å². The maximum atomic E-state index is 13.6. The minimum Gasteiger partial charge on any atom is -0.356 e. The van der Waals surface area contributed by atoms with Gasteiger partial charge >= 0.3 is 0 Å². The Morgan fingerprint density at radius 3 is 2.16 bits per heavy atom. The Kier molecular flexibility index (Phi) is 10.1. The van der Waals surface area contributed by atoms with Gasteiger partial charge in [-0.1, -0.05) is 73.5 Å². The third-order valence-electron chi connectivity index (χ3n) is 7.73. The molecule has 2 aliphatic heterocycles. The van der Waals surface area contributed by atoms with Crippen LogP contribution in [0.25, 0.3) is 0 Å². The summed E-state index contributed by atoms with van der Waals surface area (Å²) in [6, 6.07) is 20.2. The Bertz CT molecular complexity index is 1110. The fourth-order valence-corrected chi connectivity index (χ4v) is 5.48. The third kappa shape index (κ3) is 7.56. The van der Waals surface area contributed by atoms with E-state index in [0.717, 1.165) is 69.3 Å². The molecule has 6 heteroatoms. The Hall–Kier alpha value is -3.41. The molecule has 4 rings (SSSR count). The van der Waals surface area contributed by atoms with Gasteiger partial charge in [-0.2, -0.15) is 0 Å². The number of nitrogens with zero attached hydrogens (tertiary/aromatic N) is 2. The molecule has 0 radical (unpaired) electrons. The summed E-state index contributed by atoms with van der Waals surface area (Å²) in [7, 11) is 0. The monoisotopic (exact) mass is 515 g/mol. The number of rotatable bonds is 10. The van der Waals surface area contributed by atoms with Crippen molar-refractivity contribution in [2.24, 2.45) is 5.92 Å². The molecule has 0 aromatic heterocycles. The largest absolute Gasteiger partial charge is 0.356 e. The predicted octanol–water partition coefficient (Wildman–Crippen LogP) is 5.24. The van der Waals surface area contributed by atoms with Crippen LogP contribution >= 0.6 is 0 Å². The summed E-state index contributed by atoms with van der Waals surface area (Å²) >= 11 is 0. The highest BCUT2D eigenvalue weighted by molar-refractivity contribution is 5.98. The van der Waals surface area contributed by atoms with E-state index >= 15 is 0 Å². The van der Waals surface area contributed by atoms with Crippen molar-refractivity contribution in [3.8, 4) is 0 Å². The van der Waals surface area contributed by atoms with Crippen LogP contribution in [0.1, 0.15) is 69.4 Å². The standard InChI is InChI=1S/C32H41N3O3/c1-25-29(32(38)34-20-12-2-3-13-21-34)22-28(31(37)35(25)24-27-17-8-5-9-18-27)23-30(36)33-19-11-10-16-26-14-6-4-7-15-26/h4-9,14-15,17-18,28H,2-3,10-13,16,19-24H2,1H3,(H,33,36). The van der Waals surface area contributed by atoms with Crippen LogP contribution in [0.4, 0.5) is 0 Å². The van der Waals surface area contributed by atoms with Crippen LogP contribution in [0.5, 0.6) is 0 Å². The summed E-state index contributed by atoms with van der Waals surface area (Å²) in [6.07, 6.45) is 7.62. The molecule has 1 unspecified atom stereocenters. The lowest BCUT2D eigenvalue weighted by Crippen LogP contribution is -2.44. The summed E-state index contributed by atoms with van der Waals surface area (Å²) in [6.45, 7) is 4.40. The maximum absolute atomic E-state index is 13.6. The van der Waals surface area contributed by atoms with Gasteiger partial charge in [-0.15, -0.1) is 0 Å². The Balaban J connectivity index is 1.40. The van der Waals surface area contributed by atoms with Crippen LogP contribution in [0, 0.1) is 5.92 Å². The van der Waals surface area contributed by atoms with Gasteiger partial charge in [-0.3, -0.25) is 14.4 Å². The van der Waals surface area contributed by atoms with Crippen LogP contribution in [0.2, 0.25) is 0 Å². The van der Waals surface area contributed by atoms with E-state index in [4.69, 9.17) is 0 Å². The highest BCUT2D eigenvalue weighted by Crippen LogP contribution is 2.32. The molecule has 0 saturated carbocycles. The highest BCUT2D eigenvalue weighted by Gasteiger charge is 2.37. The number of hydrogen-bond acceptors (Lipinski definition) is 3. The van der Waals surface area contributed by atoms with E-state index in [1.165, 1.54) is 5.56 Å². The van der Waals surface area contributed by atoms with Gasteiger partial charge in [-0.25, -0.2) is 0 Å². The molecule has 6 nitrogen and oxygen atoms in total. The predicted molar refractivity (Wildman–Crippen MR) is 150 cm³/mol. The van der Waals surface area contributed by atoms with Crippen molar-refractivity contribution in [3.05, 3.63) is 83.1 Å². The first-order valence-electron chi connectivity index (χ1n) is 14.2. The van der Waals surface area contributed by atoms with E-state index in [2.05, 4.69) is 17.4 Å². The quantitative estimate of drug-likeness (QED) is 0.440. The average Bonchev–Trinajstić information content (AvgIpc) is 3.23. The molecular formula is C32H41N3O3. The highest BCUT2D eigenvalue weighted by atomic mass is 16.2. The van der Waals surface area contributed by atoms with E-state index in [1.807, 2.05) is 60.4 Å². The third-order valence-corrected chi connectivity index (χ3v) is 7.73. The van der Waals surface area contributed by atoms with Gasteiger partial charge in [0.05, 0.1) is 12.5 Å².